The van der Waals surface area contributed by atoms with E-state index in [4.69, 9.17) is 9.47 Å². The zero-order chi connectivity index (χ0) is 13.8. The number of carbonyl (C=O) groups excluding carboxylic acids is 1. The molecule has 19 heavy (non-hydrogen) atoms. The summed E-state index contributed by atoms with van der Waals surface area (Å²) in [7, 11) is 1.71. The lowest BCUT2D eigenvalue weighted by atomic mass is 10.2. The van der Waals surface area contributed by atoms with E-state index < -0.39 is 0 Å². The lowest BCUT2D eigenvalue weighted by molar-refractivity contribution is -0.137. The van der Waals surface area contributed by atoms with E-state index in [1.807, 2.05) is 30.3 Å². The molecule has 0 heterocycles. The summed E-state index contributed by atoms with van der Waals surface area (Å²) in [6, 6.07) is 9.70. The van der Waals surface area contributed by atoms with Crippen molar-refractivity contribution in [1.82, 2.24) is 0 Å². The molecule has 3 heteroatoms. The summed E-state index contributed by atoms with van der Waals surface area (Å²) in [6.07, 6.45) is 7.40. The van der Waals surface area contributed by atoms with Crippen LogP contribution in [0.3, 0.4) is 0 Å². The molecule has 0 radical (unpaired) electrons. The standard InChI is InChI=1S/C16H22O3/c1-18-13-7-2-3-8-14-19-16(17)12-11-15-9-5-4-6-10-15/h4-6,9-12H,2-3,7-8,13-14H2,1H3/b12-11+. The van der Waals surface area contributed by atoms with Gasteiger partial charge in [-0.25, -0.2) is 4.79 Å². The molecule has 0 atom stereocenters. The number of unbranched alkanes of at least 4 members (excludes halogenated alkanes) is 3. The van der Waals surface area contributed by atoms with Gasteiger partial charge in [0.1, 0.15) is 0 Å². The Balaban J connectivity index is 2.07. The minimum absolute atomic E-state index is 0.277. The highest BCUT2D eigenvalue weighted by molar-refractivity contribution is 5.86. The van der Waals surface area contributed by atoms with Crippen LogP contribution in [-0.2, 0) is 14.3 Å². The second-order valence-electron chi connectivity index (χ2n) is 4.32. The van der Waals surface area contributed by atoms with E-state index in [1.54, 1.807) is 13.2 Å². The topological polar surface area (TPSA) is 35.5 Å². The zero-order valence-electron chi connectivity index (χ0n) is 11.5. The SMILES string of the molecule is COCCCCCCOC(=O)/C=C/c1ccccc1. The average molecular weight is 262 g/mol. The Bertz CT molecular complexity index is 371. The number of methoxy groups -OCH3 is 1. The predicted molar refractivity (Wildman–Crippen MR) is 76.8 cm³/mol. The molecule has 0 unspecified atom stereocenters. The number of hydrogen-bond donors (Lipinski definition) is 0. The third-order valence-corrected chi connectivity index (χ3v) is 2.70. The minimum atomic E-state index is -0.277. The Morgan fingerprint density at radius 3 is 2.42 bits per heavy atom. The van der Waals surface area contributed by atoms with Gasteiger partial charge in [-0.1, -0.05) is 36.8 Å². The summed E-state index contributed by atoms with van der Waals surface area (Å²) >= 11 is 0. The molecule has 0 N–H and O–H groups in total. The van der Waals surface area contributed by atoms with Crippen molar-refractivity contribution >= 4 is 12.0 Å². The number of hydrogen-bond acceptors (Lipinski definition) is 3. The fourth-order valence-electron chi connectivity index (χ4n) is 1.65. The van der Waals surface area contributed by atoms with Crippen LogP contribution in [0.4, 0.5) is 0 Å². The second-order valence-corrected chi connectivity index (χ2v) is 4.32. The highest BCUT2D eigenvalue weighted by Crippen LogP contribution is 2.03. The molecule has 1 rings (SSSR count). The predicted octanol–water partition coefficient (Wildman–Crippen LogP) is 3.45. The molecule has 1 aromatic carbocycles. The number of carbonyl (C=O) groups is 1. The molecule has 0 saturated carbocycles. The smallest absolute Gasteiger partial charge is 0.330 e. The quantitative estimate of drug-likeness (QED) is 0.388. The van der Waals surface area contributed by atoms with Crippen molar-refractivity contribution in [1.29, 1.82) is 0 Å². The van der Waals surface area contributed by atoms with Gasteiger partial charge in [-0.2, -0.15) is 0 Å². The van der Waals surface area contributed by atoms with Crippen LogP contribution >= 0.6 is 0 Å². The van der Waals surface area contributed by atoms with E-state index >= 15 is 0 Å². The van der Waals surface area contributed by atoms with E-state index in [0.29, 0.717) is 6.61 Å². The van der Waals surface area contributed by atoms with Crippen molar-refractivity contribution < 1.29 is 14.3 Å². The number of rotatable bonds is 9. The Hall–Kier alpha value is -1.61. The summed E-state index contributed by atoms with van der Waals surface area (Å²) in [5, 5.41) is 0. The van der Waals surface area contributed by atoms with Crippen LogP contribution in [-0.4, -0.2) is 26.3 Å². The Morgan fingerprint density at radius 1 is 1.05 bits per heavy atom. The zero-order valence-corrected chi connectivity index (χ0v) is 11.5. The van der Waals surface area contributed by atoms with Gasteiger partial charge in [-0.05, 0) is 30.9 Å². The normalized spacial score (nSPS) is 10.8. The van der Waals surface area contributed by atoms with Crippen molar-refractivity contribution in [3.8, 4) is 0 Å². The summed E-state index contributed by atoms with van der Waals surface area (Å²) < 4.78 is 10.1. The van der Waals surface area contributed by atoms with Gasteiger partial charge in [0.05, 0.1) is 6.61 Å². The van der Waals surface area contributed by atoms with Gasteiger partial charge in [0, 0.05) is 19.8 Å². The van der Waals surface area contributed by atoms with E-state index in [2.05, 4.69) is 0 Å². The molecule has 0 aliphatic carbocycles. The Morgan fingerprint density at radius 2 is 1.74 bits per heavy atom. The maximum absolute atomic E-state index is 11.4. The van der Waals surface area contributed by atoms with Crippen molar-refractivity contribution in [2.75, 3.05) is 20.3 Å². The van der Waals surface area contributed by atoms with Crippen LogP contribution in [0, 0.1) is 0 Å². The molecule has 0 amide bonds. The van der Waals surface area contributed by atoms with Gasteiger partial charge in [0.15, 0.2) is 0 Å². The maximum Gasteiger partial charge on any atom is 0.330 e. The molecule has 1 aromatic rings. The number of esters is 1. The molecule has 0 bridgehead atoms. The molecular weight excluding hydrogens is 240 g/mol. The van der Waals surface area contributed by atoms with Crippen molar-refractivity contribution in [2.45, 2.75) is 25.7 Å². The van der Waals surface area contributed by atoms with Gasteiger partial charge >= 0.3 is 5.97 Å². The average Bonchev–Trinajstić information content (AvgIpc) is 2.45. The van der Waals surface area contributed by atoms with E-state index in [1.165, 1.54) is 6.08 Å². The first-order valence-corrected chi connectivity index (χ1v) is 6.72. The summed E-state index contributed by atoms with van der Waals surface area (Å²) in [5.74, 6) is -0.277. The fraction of sp³-hybridized carbons (Fsp3) is 0.438. The highest BCUT2D eigenvalue weighted by Gasteiger charge is 1.97. The molecule has 104 valence electrons. The van der Waals surface area contributed by atoms with E-state index in [-0.39, 0.29) is 5.97 Å². The first-order valence-electron chi connectivity index (χ1n) is 6.72. The first-order chi connectivity index (χ1) is 9.33. The first kappa shape index (κ1) is 15.4. The van der Waals surface area contributed by atoms with E-state index in [9.17, 15) is 4.79 Å². The maximum atomic E-state index is 11.4. The molecule has 0 saturated heterocycles. The van der Waals surface area contributed by atoms with Crippen LogP contribution in [0.5, 0.6) is 0 Å². The van der Waals surface area contributed by atoms with Crippen LogP contribution in [0.15, 0.2) is 36.4 Å². The van der Waals surface area contributed by atoms with Gasteiger partial charge in [0.25, 0.3) is 0 Å². The Labute approximate surface area is 115 Å². The van der Waals surface area contributed by atoms with Crippen LogP contribution < -0.4 is 0 Å². The number of benzene rings is 1. The highest BCUT2D eigenvalue weighted by atomic mass is 16.5. The van der Waals surface area contributed by atoms with Gasteiger partial charge in [-0.3, -0.25) is 0 Å². The van der Waals surface area contributed by atoms with Crippen molar-refractivity contribution in [2.24, 2.45) is 0 Å². The number of ether oxygens (including phenoxy) is 2. The van der Waals surface area contributed by atoms with Crippen LogP contribution in [0.2, 0.25) is 0 Å². The van der Waals surface area contributed by atoms with Crippen LogP contribution in [0.1, 0.15) is 31.2 Å². The lowest BCUT2D eigenvalue weighted by Crippen LogP contribution is -2.02. The lowest BCUT2D eigenvalue weighted by Gasteiger charge is -2.02. The molecule has 3 nitrogen and oxygen atoms in total. The molecule has 0 spiro atoms. The Kier molecular flexibility index (Phi) is 8.39. The van der Waals surface area contributed by atoms with Gasteiger partial charge in [-0.15, -0.1) is 0 Å². The molecule has 0 aliphatic heterocycles. The molecule has 0 aliphatic rings. The van der Waals surface area contributed by atoms with Crippen LogP contribution in [0.25, 0.3) is 6.08 Å². The fourth-order valence-corrected chi connectivity index (χ4v) is 1.65. The van der Waals surface area contributed by atoms with Gasteiger partial charge < -0.3 is 9.47 Å². The van der Waals surface area contributed by atoms with E-state index in [0.717, 1.165) is 37.9 Å². The molecule has 0 fully saturated rings. The summed E-state index contributed by atoms with van der Waals surface area (Å²) in [4.78, 5) is 11.4. The van der Waals surface area contributed by atoms with Gasteiger partial charge in [0.2, 0.25) is 0 Å². The minimum Gasteiger partial charge on any atom is -0.463 e. The summed E-state index contributed by atoms with van der Waals surface area (Å²) in [5.41, 5.74) is 0.999. The third kappa shape index (κ3) is 8.16. The second kappa shape index (κ2) is 10.3. The summed E-state index contributed by atoms with van der Waals surface area (Å²) in [6.45, 7) is 1.30. The van der Waals surface area contributed by atoms with Crippen molar-refractivity contribution in [3.63, 3.8) is 0 Å². The molecule has 0 aromatic heterocycles. The monoisotopic (exact) mass is 262 g/mol. The molecular formula is C16H22O3. The van der Waals surface area contributed by atoms with Crippen molar-refractivity contribution in [3.05, 3.63) is 42.0 Å². The third-order valence-electron chi connectivity index (χ3n) is 2.70. The largest absolute Gasteiger partial charge is 0.463 e.